The summed E-state index contributed by atoms with van der Waals surface area (Å²) in [5.74, 6) is 0.396. The van der Waals surface area contributed by atoms with Crippen molar-refractivity contribution in [3.05, 3.63) is 29.0 Å². The molecule has 0 bridgehead atoms. The second-order valence-corrected chi connectivity index (χ2v) is 6.79. The van der Waals surface area contributed by atoms with Gasteiger partial charge in [0.25, 0.3) is 0 Å². The van der Waals surface area contributed by atoms with Crippen LogP contribution in [0, 0.1) is 0 Å². The molecule has 0 radical (unpaired) electrons. The van der Waals surface area contributed by atoms with E-state index in [-0.39, 0.29) is 0 Å². The van der Waals surface area contributed by atoms with Gasteiger partial charge in [-0.25, -0.2) is 0 Å². The summed E-state index contributed by atoms with van der Waals surface area (Å²) in [6, 6.07) is 4.50. The Balaban J connectivity index is 1.84. The zero-order valence-electron chi connectivity index (χ0n) is 13.8. The highest BCUT2D eigenvalue weighted by Gasteiger charge is 2.23. The van der Waals surface area contributed by atoms with Crippen LogP contribution >= 0.6 is 0 Å². The first-order chi connectivity index (χ1) is 11.3. The first kappa shape index (κ1) is 14.8. The number of phenols is 1. The number of rotatable bonds is 3. The minimum atomic E-state index is 0.396. The van der Waals surface area contributed by atoms with Crippen molar-refractivity contribution in [2.45, 2.75) is 51.5 Å². The molecule has 1 aliphatic carbocycles. The third-order valence-electron chi connectivity index (χ3n) is 5.28. The van der Waals surface area contributed by atoms with Crippen molar-refractivity contribution in [1.82, 2.24) is 10.3 Å². The fourth-order valence-electron chi connectivity index (χ4n) is 3.96. The zero-order valence-corrected chi connectivity index (χ0v) is 13.8. The van der Waals surface area contributed by atoms with E-state index >= 15 is 0 Å². The summed E-state index contributed by atoms with van der Waals surface area (Å²) >= 11 is 0. The largest absolute Gasteiger partial charge is 0.508 e. The molecule has 1 aromatic heterocycles. The van der Waals surface area contributed by atoms with Gasteiger partial charge in [0.05, 0.1) is 5.52 Å². The Bertz CT molecular complexity index is 730. The second kappa shape index (κ2) is 6.00. The average Bonchev–Trinajstić information content (AvgIpc) is 3.04. The molecule has 0 saturated carbocycles. The molecule has 122 valence electrons. The molecule has 0 spiro atoms. The van der Waals surface area contributed by atoms with Gasteiger partial charge in [-0.15, -0.1) is 0 Å². The molecule has 4 nitrogen and oxygen atoms in total. The molecule has 1 aliphatic heterocycles. The summed E-state index contributed by atoms with van der Waals surface area (Å²) in [7, 11) is 0. The maximum absolute atomic E-state index is 10.3. The Morgan fingerprint density at radius 2 is 2.09 bits per heavy atom. The van der Waals surface area contributed by atoms with Crippen LogP contribution < -0.4 is 10.6 Å². The molecule has 2 aliphatic rings. The van der Waals surface area contributed by atoms with E-state index in [0.29, 0.717) is 11.8 Å². The van der Waals surface area contributed by atoms with Crippen LogP contribution in [-0.2, 0) is 19.3 Å². The van der Waals surface area contributed by atoms with Gasteiger partial charge in [0.2, 0.25) is 0 Å². The maximum atomic E-state index is 10.3. The number of hydrogen-bond acceptors (Lipinski definition) is 4. The van der Waals surface area contributed by atoms with Crippen molar-refractivity contribution in [2.24, 2.45) is 0 Å². The molecule has 4 heteroatoms. The highest BCUT2D eigenvalue weighted by atomic mass is 16.3. The van der Waals surface area contributed by atoms with E-state index in [1.807, 2.05) is 6.07 Å². The number of anilines is 1. The SMILES string of the molecule is CCc1cc2nc3c(c(NC4CCNCC4)c2cc1O)CCC3. The molecule has 2 heterocycles. The lowest BCUT2D eigenvalue weighted by molar-refractivity contribution is 0.469. The molecule has 1 saturated heterocycles. The van der Waals surface area contributed by atoms with Crippen molar-refractivity contribution in [1.29, 1.82) is 0 Å². The molecule has 4 rings (SSSR count). The molecule has 1 aromatic carbocycles. The van der Waals surface area contributed by atoms with Crippen LogP contribution in [0.1, 0.15) is 43.0 Å². The van der Waals surface area contributed by atoms with Crippen molar-refractivity contribution >= 4 is 16.6 Å². The average molecular weight is 311 g/mol. The summed E-state index contributed by atoms with van der Waals surface area (Å²) in [4.78, 5) is 4.90. The van der Waals surface area contributed by atoms with Gasteiger partial charge in [-0.1, -0.05) is 6.92 Å². The number of benzene rings is 1. The lowest BCUT2D eigenvalue weighted by atomic mass is 10.0. The predicted molar refractivity (Wildman–Crippen MR) is 94.3 cm³/mol. The van der Waals surface area contributed by atoms with E-state index in [1.54, 1.807) is 0 Å². The summed E-state index contributed by atoms with van der Waals surface area (Å²) < 4.78 is 0. The number of phenolic OH excluding ortho intramolecular Hbond substituents is 1. The van der Waals surface area contributed by atoms with Gasteiger partial charge >= 0.3 is 0 Å². The Labute approximate surface area is 137 Å². The Morgan fingerprint density at radius 3 is 2.87 bits per heavy atom. The number of aromatic nitrogens is 1. The summed E-state index contributed by atoms with van der Waals surface area (Å²) in [6.07, 6.45) is 6.50. The van der Waals surface area contributed by atoms with E-state index < -0.39 is 0 Å². The first-order valence-electron chi connectivity index (χ1n) is 8.91. The van der Waals surface area contributed by atoms with Crippen LogP contribution in [0.2, 0.25) is 0 Å². The predicted octanol–water partition coefficient (Wildman–Crippen LogP) is 3.16. The topological polar surface area (TPSA) is 57.2 Å². The van der Waals surface area contributed by atoms with Crippen LogP contribution in [0.25, 0.3) is 10.9 Å². The molecule has 1 fully saturated rings. The molecule has 2 aromatic rings. The number of aryl methyl sites for hydroxylation is 2. The standard InChI is InChI=1S/C19H25N3O/c1-2-12-10-17-15(11-18(12)23)19(14-4-3-5-16(14)22-17)21-13-6-8-20-9-7-13/h10-11,13,20,23H,2-9H2,1H3,(H,21,22). The molecular weight excluding hydrogens is 286 g/mol. The smallest absolute Gasteiger partial charge is 0.119 e. The molecule has 0 unspecified atom stereocenters. The van der Waals surface area contributed by atoms with Crippen LogP contribution in [-0.4, -0.2) is 29.2 Å². The van der Waals surface area contributed by atoms with Gasteiger partial charge in [-0.2, -0.15) is 0 Å². The third-order valence-corrected chi connectivity index (χ3v) is 5.28. The van der Waals surface area contributed by atoms with Gasteiger partial charge in [0.15, 0.2) is 0 Å². The van der Waals surface area contributed by atoms with E-state index in [1.165, 1.54) is 23.4 Å². The maximum Gasteiger partial charge on any atom is 0.119 e. The van der Waals surface area contributed by atoms with Gasteiger partial charge in [-0.3, -0.25) is 4.98 Å². The van der Waals surface area contributed by atoms with E-state index in [2.05, 4.69) is 23.6 Å². The fraction of sp³-hybridized carbons (Fsp3) is 0.526. The first-order valence-corrected chi connectivity index (χ1v) is 8.91. The lowest BCUT2D eigenvalue weighted by Gasteiger charge is -2.27. The number of piperidine rings is 1. The van der Waals surface area contributed by atoms with Crippen LogP contribution in [0.4, 0.5) is 5.69 Å². The Morgan fingerprint density at radius 1 is 1.26 bits per heavy atom. The Hall–Kier alpha value is -1.81. The van der Waals surface area contributed by atoms with E-state index in [9.17, 15) is 5.11 Å². The zero-order chi connectivity index (χ0) is 15.8. The quantitative estimate of drug-likeness (QED) is 0.815. The highest BCUT2D eigenvalue weighted by molar-refractivity contribution is 5.95. The minimum absolute atomic E-state index is 0.396. The van der Waals surface area contributed by atoms with Crippen molar-refractivity contribution in [2.75, 3.05) is 18.4 Å². The van der Waals surface area contributed by atoms with Gasteiger partial charge in [0, 0.05) is 22.8 Å². The summed E-state index contributed by atoms with van der Waals surface area (Å²) in [5, 5.41) is 18.6. The fourth-order valence-corrected chi connectivity index (χ4v) is 3.96. The van der Waals surface area contributed by atoms with Crippen LogP contribution in [0.15, 0.2) is 12.1 Å². The van der Waals surface area contributed by atoms with Crippen LogP contribution in [0.5, 0.6) is 5.75 Å². The summed E-state index contributed by atoms with van der Waals surface area (Å²) in [6.45, 7) is 4.23. The monoisotopic (exact) mass is 311 g/mol. The highest BCUT2D eigenvalue weighted by Crippen LogP contribution is 2.37. The Kier molecular flexibility index (Phi) is 3.85. The third kappa shape index (κ3) is 2.65. The van der Waals surface area contributed by atoms with Gasteiger partial charge in [-0.05, 0) is 74.9 Å². The second-order valence-electron chi connectivity index (χ2n) is 6.79. The van der Waals surface area contributed by atoms with Crippen LogP contribution in [0.3, 0.4) is 0 Å². The molecule has 3 N–H and O–H groups in total. The van der Waals surface area contributed by atoms with Gasteiger partial charge < -0.3 is 15.7 Å². The number of fused-ring (bicyclic) bond motifs is 2. The number of nitrogens with one attached hydrogen (secondary N) is 2. The minimum Gasteiger partial charge on any atom is -0.508 e. The van der Waals surface area contributed by atoms with Crippen molar-refractivity contribution in [3.8, 4) is 5.75 Å². The molecule has 23 heavy (non-hydrogen) atoms. The van der Waals surface area contributed by atoms with E-state index in [4.69, 9.17) is 4.98 Å². The van der Waals surface area contributed by atoms with Crippen molar-refractivity contribution in [3.63, 3.8) is 0 Å². The summed E-state index contributed by atoms with van der Waals surface area (Å²) in [5.41, 5.74) is 5.86. The molecular formula is C19H25N3O. The molecule has 0 amide bonds. The number of aromatic hydroxyl groups is 1. The number of nitrogens with zero attached hydrogens (tertiary/aromatic N) is 1. The van der Waals surface area contributed by atoms with Gasteiger partial charge in [0.1, 0.15) is 5.75 Å². The number of hydrogen-bond donors (Lipinski definition) is 3. The molecule has 0 atom stereocenters. The van der Waals surface area contributed by atoms with E-state index in [0.717, 1.165) is 61.7 Å². The van der Waals surface area contributed by atoms with Crippen molar-refractivity contribution < 1.29 is 5.11 Å². The number of pyridine rings is 1. The lowest BCUT2D eigenvalue weighted by Crippen LogP contribution is -2.35. The normalized spacial score (nSPS) is 18.3.